The molecule has 0 aliphatic heterocycles. The lowest BCUT2D eigenvalue weighted by molar-refractivity contribution is 0.0543. The molecule has 0 radical (unpaired) electrons. The van der Waals surface area contributed by atoms with Crippen LogP contribution in [0.3, 0.4) is 0 Å². The summed E-state index contributed by atoms with van der Waals surface area (Å²) < 4.78 is 40.8. The van der Waals surface area contributed by atoms with Gasteiger partial charge in [0.05, 0.1) is 5.69 Å². The summed E-state index contributed by atoms with van der Waals surface area (Å²) in [5, 5.41) is 7.74. The maximum absolute atomic E-state index is 14.4. The minimum atomic E-state index is -3.11. The average Bonchev–Trinajstić information content (AvgIpc) is 2.81. The monoisotopic (exact) mass is 482 g/mol. The van der Waals surface area contributed by atoms with Crippen molar-refractivity contribution in [2.24, 2.45) is 10.7 Å². The number of halogens is 3. The van der Waals surface area contributed by atoms with E-state index in [0.717, 1.165) is 6.92 Å². The Hall–Kier alpha value is -4.34. The minimum absolute atomic E-state index is 0.0864. The fourth-order valence-corrected chi connectivity index (χ4v) is 3.13. The van der Waals surface area contributed by atoms with E-state index in [1.807, 2.05) is 5.32 Å². The quantitative estimate of drug-likeness (QED) is 0.251. The molecule has 182 valence electrons. The first-order chi connectivity index (χ1) is 16.6. The Morgan fingerprint density at radius 2 is 1.86 bits per heavy atom. The molecular weight excluding hydrogens is 457 g/mol. The number of hydrogen-bond acceptors (Lipinski definition) is 6. The van der Waals surface area contributed by atoms with E-state index < -0.39 is 17.8 Å². The third-order valence-corrected chi connectivity index (χ3v) is 4.75. The first-order valence-electron chi connectivity index (χ1n) is 10.6. The highest BCUT2D eigenvalue weighted by molar-refractivity contribution is 6.04. The Kier molecular flexibility index (Phi) is 8.08. The Bertz CT molecular complexity index is 1250. The fourth-order valence-electron chi connectivity index (χ4n) is 3.13. The molecule has 5 N–H and O–H groups in total. The second-order valence-corrected chi connectivity index (χ2v) is 7.70. The fraction of sp³-hybridized carbons (Fsp3) is 0.160. The van der Waals surface area contributed by atoms with Crippen LogP contribution in [0.4, 0.5) is 30.2 Å². The van der Waals surface area contributed by atoms with E-state index in [1.54, 1.807) is 43.9 Å². The zero-order valence-electron chi connectivity index (χ0n) is 19.1. The Balaban J connectivity index is 1.70. The summed E-state index contributed by atoms with van der Waals surface area (Å²) >= 11 is 0. The number of nitrogens with one attached hydrogen (secondary N) is 3. The molecule has 0 bridgehead atoms. The molecule has 3 rings (SSSR count). The van der Waals surface area contributed by atoms with Gasteiger partial charge < -0.3 is 21.7 Å². The van der Waals surface area contributed by atoms with Gasteiger partial charge in [-0.05, 0) is 48.5 Å². The number of nitrogens with zero attached hydrogens (tertiary/aromatic N) is 2. The first kappa shape index (κ1) is 25.3. The summed E-state index contributed by atoms with van der Waals surface area (Å²) in [4.78, 5) is 20.7. The average molecular weight is 483 g/mol. The molecule has 2 aromatic carbocycles. The Morgan fingerprint density at radius 3 is 2.60 bits per heavy atom. The van der Waals surface area contributed by atoms with Crippen molar-refractivity contribution in [3.63, 3.8) is 0 Å². The van der Waals surface area contributed by atoms with Gasteiger partial charge in [-0.25, -0.2) is 4.39 Å². The standard InChI is InChI=1S/C25H25F3N6O/c1-25(27,28)34-20-5-3-4-19(12-20)33-24(35)16-6-7-22(26)17(10-16)14-32-21-11-18(13-31-15-21)23(29)8-9-30-2/h3-13,15,32,34H,14,29H2,1-2H3,(H,33,35)/b23-8-,30-9?. The number of rotatable bonds is 9. The number of amides is 1. The molecule has 7 nitrogen and oxygen atoms in total. The number of benzene rings is 2. The van der Waals surface area contributed by atoms with Crippen molar-refractivity contribution in [1.29, 1.82) is 0 Å². The summed E-state index contributed by atoms with van der Waals surface area (Å²) in [5.74, 6) is -1.00. The van der Waals surface area contributed by atoms with Crippen molar-refractivity contribution in [2.75, 3.05) is 23.0 Å². The lowest BCUT2D eigenvalue weighted by Crippen LogP contribution is -2.22. The number of allylic oxidation sites excluding steroid dienone is 1. The van der Waals surface area contributed by atoms with E-state index in [2.05, 4.69) is 20.6 Å². The van der Waals surface area contributed by atoms with Crippen LogP contribution in [-0.4, -0.2) is 30.2 Å². The summed E-state index contributed by atoms with van der Waals surface area (Å²) in [7, 11) is 1.63. The molecule has 0 saturated heterocycles. The van der Waals surface area contributed by atoms with E-state index in [4.69, 9.17) is 5.73 Å². The van der Waals surface area contributed by atoms with Crippen molar-refractivity contribution in [2.45, 2.75) is 19.5 Å². The minimum Gasteiger partial charge on any atom is -0.398 e. The smallest absolute Gasteiger partial charge is 0.320 e. The summed E-state index contributed by atoms with van der Waals surface area (Å²) in [6.07, 6.45) is 6.37. The van der Waals surface area contributed by atoms with Crippen LogP contribution >= 0.6 is 0 Å². The summed E-state index contributed by atoms with van der Waals surface area (Å²) in [5.41, 5.74) is 8.67. The van der Waals surface area contributed by atoms with Gasteiger partial charge in [-0.3, -0.25) is 14.8 Å². The van der Waals surface area contributed by atoms with Gasteiger partial charge in [0.25, 0.3) is 5.91 Å². The molecule has 1 heterocycles. The number of aliphatic imine (C=N–C) groups is 1. The van der Waals surface area contributed by atoms with Crippen LogP contribution in [0.15, 0.2) is 72.0 Å². The van der Waals surface area contributed by atoms with Gasteiger partial charge in [0.2, 0.25) is 0 Å². The third kappa shape index (κ3) is 7.60. The number of alkyl halides is 2. The highest BCUT2D eigenvalue weighted by atomic mass is 19.3. The van der Waals surface area contributed by atoms with E-state index in [0.29, 0.717) is 22.6 Å². The van der Waals surface area contributed by atoms with Crippen LogP contribution in [0.2, 0.25) is 0 Å². The molecular formula is C25H25F3N6O. The lowest BCUT2D eigenvalue weighted by atomic mass is 10.1. The Morgan fingerprint density at radius 1 is 1.09 bits per heavy atom. The third-order valence-electron chi connectivity index (χ3n) is 4.75. The van der Waals surface area contributed by atoms with Crippen molar-refractivity contribution < 1.29 is 18.0 Å². The number of carbonyl (C=O) groups excluding carboxylic acids is 1. The van der Waals surface area contributed by atoms with Crippen LogP contribution in [0.5, 0.6) is 0 Å². The van der Waals surface area contributed by atoms with Gasteiger partial charge in [-0.1, -0.05) is 6.07 Å². The first-order valence-corrected chi connectivity index (χ1v) is 10.6. The maximum atomic E-state index is 14.4. The van der Waals surface area contributed by atoms with E-state index in [-0.39, 0.29) is 23.4 Å². The van der Waals surface area contributed by atoms with Crippen molar-refractivity contribution in [1.82, 2.24) is 4.98 Å². The summed E-state index contributed by atoms with van der Waals surface area (Å²) in [6, 6.07) is 8.55. The molecule has 1 amide bonds. The van der Waals surface area contributed by atoms with Gasteiger partial charge in [-0.15, -0.1) is 0 Å². The predicted octanol–water partition coefficient (Wildman–Crippen LogP) is 5.11. The largest absolute Gasteiger partial charge is 0.398 e. The van der Waals surface area contributed by atoms with Gasteiger partial charge >= 0.3 is 6.05 Å². The Labute approximate surface area is 201 Å². The number of hydrogen-bond donors (Lipinski definition) is 4. The van der Waals surface area contributed by atoms with E-state index in [1.165, 1.54) is 36.4 Å². The zero-order valence-corrected chi connectivity index (χ0v) is 19.1. The molecule has 3 aromatic rings. The summed E-state index contributed by atoms with van der Waals surface area (Å²) in [6.45, 7) is 0.814. The van der Waals surface area contributed by atoms with Crippen LogP contribution in [0.25, 0.3) is 5.70 Å². The van der Waals surface area contributed by atoms with Crippen LogP contribution in [0, 0.1) is 5.82 Å². The molecule has 10 heteroatoms. The molecule has 1 aromatic heterocycles. The number of pyridine rings is 1. The van der Waals surface area contributed by atoms with Gasteiger partial charge in [0.15, 0.2) is 0 Å². The molecule has 0 saturated carbocycles. The van der Waals surface area contributed by atoms with Crippen LogP contribution in [0.1, 0.15) is 28.4 Å². The van der Waals surface area contributed by atoms with Crippen molar-refractivity contribution >= 4 is 34.9 Å². The van der Waals surface area contributed by atoms with Crippen molar-refractivity contribution in [3.8, 4) is 0 Å². The predicted molar refractivity (Wildman–Crippen MR) is 133 cm³/mol. The molecule has 0 spiro atoms. The van der Waals surface area contributed by atoms with Crippen LogP contribution in [-0.2, 0) is 6.54 Å². The second kappa shape index (κ2) is 11.2. The van der Waals surface area contributed by atoms with Crippen molar-refractivity contribution in [3.05, 3.63) is 89.5 Å². The van der Waals surface area contributed by atoms with Gasteiger partial charge in [0, 0.05) is 72.9 Å². The lowest BCUT2D eigenvalue weighted by Gasteiger charge is -2.15. The van der Waals surface area contributed by atoms with Gasteiger partial charge in [-0.2, -0.15) is 8.78 Å². The number of nitrogens with two attached hydrogens (primary N) is 1. The molecule has 35 heavy (non-hydrogen) atoms. The molecule has 0 aliphatic rings. The van der Waals surface area contributed by atoms with E-state index in [9.17, 15) is 18.0 Å². The maximum Gasteiger partial charge on any atom is 0.320 e. The second-order valence-electron chi connectivity index (χ2n) is 7.70. The normalized spacial score (nSPS) is 12.0. The van der Waals surface area contributed by atoms with Crippen LogP contribution < -0.4 is 21.7 Å². The molecule has 0 unspecified atom stereocenters. The molecule has 0 fully saturated rings. The molecule has 0 aliphatic carbocycles. The number of anilines is 3. The number of aromatic nitrogens is 1. The highest BCUT2D eigenvalue weighted by Gasteiger charge is 2.20. The highest BCUT2D eigenvalue weighted by Crippen LogP contribution is 2.22. The van der Waals surface area contributed by atoms with Gasteiger partial charge in [0.1, 0.15) is 5.82 Å². The van der Waals surface area contributed by atoms with E-state index >= 15 is 0 Å². The SMILES string of the molecule is CN=C/C=C(\N)c1cncc(NCc2cc(C(=O)Nc3cccc(NC(C)(F)F)c3)ccc2F)c1. The topological polar surface area (TPSA) is 104 Å². The number of carbonyl (C=O) groups is 1. The molecule has 0 atom stereocenters. The zero-order chi connectivity index (χ0) is 25.4.